The van der Waals surface area contributed by atoms with Crippen molar-refractivity contribution in [3.8, 4) is 11.5 Å². The van der Waals surface area contributed by atoms with E-state index in [1.807, 2.05) is 26.0 Å². The van der Waals surface area contributed by atoms with Crippen LogP contribution in [0.15, 0.2) is 64.9 Å². The molecule has 0 fully saturated rings. The zero-order chi connectivity index (χ0) is 19.0. The lowest BCUT2D eigenvalue weighted by Crippen LogP contribution is -2.14. The molecule has 0 saturated heterocycles. The molecular weight excluding hydrogens is 370 g/mol. The van der Waals surface area contributed by atoms with Gasteiger partial charge in [-0.25, -0.2) is 8.42 Å². The normalized spacial score (nSPS) is 11.0. The quantitative estimate of drug-likeness (QED) is 0.473. The highest BCUT2D eigenvalue weighted by atomic mass is 32.2. The Bertz CT molecular complexity index is 850. The van der Waals surface area contributed by atoms with E-state index in [0.29, 0.717) is 36.2 Å². The number of sulfonamides is 1. The summed E-state index contributed by atoms with van der Waals surface area (Å²) in [6.07, 6.45) is 1.77. The van der Waals surface area contributed by atoms with Crippen LogP contribution in [0.3, 0.4) is 0 Å². The van der Waals surface area contributed by atoms with Crippen LogP contribution in [0.5, 0.6) is 11.5 Å². The monoisotopic (exact) mass is 393 g/mol. The summed E-state index contributed by atoms with van der Waals surface area (Å²) >= 11 is 1.51. The van der Waals surface area contributed by atoms with Gasteiger partial charge in [0.25, 0.3) is 10.0 Å². The van der Waals surface area contributed by atoms with Crippen molar-refractivity contribution in [1.82, 2.24) is 0 Å². The fraction of sp³-hybridized carbons (Fsp3) is 0.263. The van der Waals surface area contributed by atoms with Crippen molar-refractivity contribution in [3.05, 3.63) is 55.1 Å². The number of anilines is 1. The van der Waals surface area contributed by atoms with Crippen LogP contribution in [-0.4, -0.2) is 27.4 Å². The maximum atomic E-state index is 12.8. The third kappa shape index (κ3) is 5.19. The lowest BCUT2D eigenvalue weighted by molar-refractivity contribution is 0.287. The molecule has 0 spiro atoms. The van der Waals surface area contributed by atoms with E-state index in [-0.39, 0.29) is 4.90 Å². The second-order valence-corrected chi connectivity index (χ2v) is 7.92. The average molecular weight is 394 g/mol. The summed E-state index contributed by atoms with van der Waals surface area (Å²) in [5.74, 6) is 1.62. The van der Waals surface area contributed by atoms with Gasteiger partial charge in [0.05, 0.1) is 23.8 Å². The molecule has 0 aromatic heterocycles. The molecule has 0 aliphatic heterocycles. The van der Waals surface area contributed by atoms with E-state index < -0.39 is 10.0 Å². The first kappa shape index (κ1) is 20.2. The third-order valence-electron chi connectivity index (χ3n) is 3.31. The Morgan fingerprint density at radius 2 is 1.77 bits per heavy atom. The molecular formula is C19H23NO4S2. The molecule has 0 saturated carbocycles. The molecule has 0 aliphatic carbocycles. The summed E-state index contributed by atoms with van der Waals surface area (Å²) in [4.78, 5) is 0.958. The highest BCUT2D eigenvalue weighted by Gasteiger charge is 2.19. The minimum Gasteiger partial charge on any atom is -0.490 e. The molecule has 0 radical (unpaired) electrons. The number of rotatable bonds is 10. The Kier molecular flexibility index (Phi) is 7.41. The van der Waals surface area contributed by atoms with Crippen molar-refractivity contribution < 1.29 is 17.9 Å². The summed E-state index contributed by atoms with van der Waals surface area (Å²) in [6, 6.07) is 11.9. The standard InChI is InChI=1S/C19H23NO4S2/c1-4-13-25-19-10-8-7-9-16(19)20-26(21,22)15-11-12-17(23-5-2)18(14-15)24-6-3/h4,7-12,14,20H,1,5-6,13H2,2-3H3. The molecule has 26 heavy (non-hydrogen) atoms. The second kappa shape index (κ2) is 9.54. The molecule has 1 N–H and O–H groups in total. The molecule has 7 heteroatoms. The van der Waals surface area contributed by atoms with E-state index in [9.17, 15) is 8.42 Å². The van der Waals surface area contributed by atoms with Crippen molar-refractivity contribution in [3.63, 3.8) is 0 Å². The summed E-state index contributed by atoms with van der Waals surface area (Å²) in [7, 11) is -3.76. The van der Waals surface area contributed by atoms with Gasteiger partial charge >= 0.3 is 0 Å². The van der Waals surface area contributed by atoms with Gasteiger partial charge in [-0.1, -0.05) is 18.2 Å². The molecule has 0 atom stereocenters. The fourth-order valence-electron chi connectivity index (χ4n) is 2.23. The molecule has 0 amide bonds. The van der Waals surface area contributed by atoms with E-state index >= 15 is 0 Å². The van der Waals surface area contributed by atoms with Gasteiger partial charge in [0.1, 0.15) is 0 Å². The fourth-order valence-corrected chi connectivity index (χ4v) is 4.13. The first-order valence-electron chi connectivity index (χ1n) is 8.27. The molecule has 2 rings (SSSR count). The Morgan fingerprint density at radius 1 is 1.08 bits per heavy atom. The second-order valence-electron chi connectivity index (χ2n) is 5.18. The van der Waals surface area contributed by atoms with Crippen LogP contribution in [0.2, 0.25) is 0 Å². The lowest BCUT2D eigenvalue weighted by Gasteiger charge is -2.15. The molecule has 2 aromatic rings. The van der Waals surface area contributed by atoms with Crippen LogP contribution in [0.1, 0.15) is 13.8 Å². The largest absolute Gasteiger partial charge is 0.490 e. The van der Waals surface area contributed by atoms with Crippen LogP contribution in [0.25, 0.3) is 0 Å². The molecule has 140 valence electrons. The van der Waals surface area contributed by atoms with Gasteiger partial charge in [-0.3, -0.25) is 4.72 Å². The number of benzene rings is 2. The highest BCUT2D eigenvalue weighted by molar-refractivity contribution is 7.99. The molecule has 5 nitrogen and oxygen atoms in total. The third-order valence-corrected chi connectivity index (χ3v) is 5.75. The van der Waals surface area contributed by atoms with E-state index in [0.717, 1.165) is 4.90 Å². The zero-order valence-corrected chi connectivity index (χ0v) is 16.5. The Balaban J connectivity index is 2.33. The number of hydrogen-bond donors (Lipinski definition) is 1. The maximum Gasteiger partial charge on any atom is 0.262 e. The minimum atomic E-state index is -3.76. The minimum absolute atomic E-state index is 0.118. The maximum absolute atomic E-state index is 12.8. The van der Waals surface area contributed by atoms with Gasteiger partial charge in [-0.15, -0.1) is 18.3 Å². The summed E-state index contributed by atoms with van der Waals surface area (Å²) in [5, 5.41) is 0. The van der Waals surface area contributed by atoms with E-state index in [4.69, 9.17) is 9.47 Å². The van der Waals surface area contributed by atoms with E-state index in [1.165, 1.54) is 23.9 Å². The van der Waals surface area contributed by atoms with Crippen LogP contribution in [0, 0.1) is 0 Å². The predicted octanol–water partition coefficient (Wildman–Crippen LogP) is 4.56. The average Bonchev–Trinajstić information content (AvgIpc) is 2.62. The van der Waals surface area contributed by atoms with Crippen molar-refractivity contribution >= 4 is 27.5 Å². The number of para-hydroxylation sites is 1. The van der Waals surface area contributed by atoms with E-state index in [2.05, 4.69) is 11.3 Å². The van der Waals surface area contributed by atoms with Gasteiger partial charge in [0.2, 0.25) is 0 Å². The van der Waals surface area contributed by atoms with Gasteiger partial charge in [-0.05, 0) is 38.1 Å². The summed E-state index contributed by atoms with van der Waals surface area (Å²) in [6.45, 7) is 8.27. The van der Waals surface area contributed by atoms with E-state index in [1.54, 1.807) is 24.3 Å². The summed E-state index contributed by atoms with van der Waals surface area (Å²) in [5.41, 5.74) is 0.534. The number of nitrogens with one attached hydrogen (secondary N) is 1. The Morgan fingerprint density at radius 3 is 2.46 bits per heavy atom. The SMILES string of the molecule is C=CCSc1ccccc1NS(=O)(=O)c1ccc(OCC)c(OCC)c1. The molecule has 0 heterocycles. The van der Waals surface area contributed by atoms with Crippen LogP contribution in [-0.2, 0) is 10.0 Å². The molecule has 0 unspecified atom stereocenters. The summed E-state index contributed by atoms with van der Waals surface area (Å²) < 4.78 is 39.3. The number of hydrogen-bond acceptors (Lipinski definition) is 5. The van der Waals surface area contributed by atoms with Crippen molar-refractivity contribution in [1.29, 1.82) is 0 Å². The molecule has 0 aliphatic rings. The Hall–Kier alpha value is -2.12. The topological polar surface area (TPSA) is 64.6 Å². The van der Waals surface area contributed by atoms with Gasteiger partial charge < -0.3 is 9.47 Å². The van der Waals surface area contributed by atoms with Gasteiger partial charge in [0, 0.05) is 16.7 Å². The van der Waals surface area contributed by atoms with Crippen molar-refractivity contribution in [2.45, 2.75) is 23.6 Å². The van der Waals surface area contributed by atoms with Crippen LogP contribution in [0.4, 0.5) is 5.69 Å². The van der Waals surface area contributed by atoms with Gasteiger partial charge in [-0.2, -0.15) is 0 Å². The first-order chi connectivity index (χ1) is 12.5. The number of ether oxygens (including phenoxy) is 2. The van der Waals surface area contributed by atoms with Crippen molar-refractivity contribution in [2.75, 3.05) is 23.7 Å². The Labute approximate surface area is 159 Å². The molecule has 0 bridgehead atoms. The lowest BCUT2D eigenvalue weighted by atomic mass is 10.3. The van der Waals surface area contributed by atoms with Crippen molar-refractivity contribution in [2.24, 2.45) is 0 Å². The zero-order valence-electron chi connectivity index (χ0n) is 14.9. The number of thioether (sulfide) groups is 1. The van der Waals surface area contributed by atoms with Crippen LogP contribution >= 0.6 is 11.8 Å². The first-order valence-corrected chi connectivity index (χ1v) is 10.7. The molecule has 2 aromatic carbocycles. The smallest absolute Gasteiger partial charge is 0.262 e. The van der Waals surface area contributed by atoms with Crippen LogP contribution < -0.4 is 14.2 Å². The highest BCUT2D eigenvalue weighted by Crippen LogP contribution is 2.33. The predicted molar refractivity (Wildman–Crippen MR) is 107 cm³/mol. The van der Waals surface area contributed by atoms with Gasteiger partial charge in [0.15, 0.2) is 11.5 Å².